The van der Waals surface area contributed by atoms with Crippen molar-refractivity contribution in [3.8, 4) is 0 Å². The lowest BCUT2D eigenvalue weighted by atomic mass is 10.2. The lowest BCUT2D eigenvalue weighted by Gasteiger charge is -2.35. The highest BCUT2D eigenvalue weighted by Gasteiger charge is 2.25. The molecule has 2 N–H and O–H groups in total. The van der Waals surface area contributed by atoms with Crippen LogP contribution in [0.25, 0.3) is 0 Å². The largest absolute Gasteiger partial charge is 0.444 e. The van der Waals surface area contributed by atoms with Crippen LogP contribution in [-0.2, 0) is 11.2 Å². The van der Waals surface area contributed by atoms with E-state index in [1.165, 1.54) is 4.88 Å². The van der Waals surface area contributed by atoms with E-state index in [-0.39, 0.29) is 30.1 Å². The van der Waals surface area contributed by atoms with E-state index < -0.39 is 5.60 Å². The van der Waals surface area contributed by atoms with E-state index in [0.717, 1.165) is 56.7 Å². The monoisotopic (exact) mass is 552 g/mol. The number of hydrogen-bond donors (Lipinski definition) is 2. The van der Waals surface area contributed by atoms with Crippen LogP contribution in [0.4, 0.5) is 4.79 Å². The minimum atomic E-state index is -0.447. The summed E-state index contributed by atoms with van der Waals surface area (Å²) in [5.41, 5.74) is -0.447. The summed E-state index contributed by atoms with van der Waals surface area (Å²) < 4.78 is 5.45. The number of aryl methyl sites for hydroxylation is 1. The molecule has 0 unspecified atom stereocenters. The van der Waals surface area contributed by atoms with E-state index >= 15 is 0 Å². The molecule has 0 spiro atoms. The normalized spacial score (nSPS) is 15.5. The molecule has 1 fully saturated rings. The summed E-state index contributed by atoms with van der Waals surface area (Å²) in [6.45, 7) is 16.2. The van der Waals surface area contributed by atoms with Crippen molar-refractivity contribution in [1.29, 1.82) is 0 Å². The first-order chi connectivity index (χ1) is 13.8. The van der Waals surface area contributed by atoms with Gasteiger partial charge >= 0.3 is 6.09 Å². The van der Waals surface area contributed by atoms with Crippen molar-refractivity contribution in [3.05, 3.63) is 16.1 Å². The van der Waals surface area contributed by atoms with E-state index in [4.69, 9.17) is 4.74 Å². The summed E-state index contributed by atoms with van der Waals surface area (Å²) in [5.74, 6) is 0.841. The molecule has 1 aliphatic rings. The summed E-state index contributed by atoms with van der Waals surface area (Å²) in [6.07, 6.45) is 2.60. The van der Waals surface area contributed by atoms with Gasteiger partial charge in [-0.1, -0.05) is 0 Å². The van der Waals surface area contributed by atoms with Crippen molar-refractivity contribution in [1.82, 2.24) is 25.4 Å². The molecule has 10 heteroatoms. The molecule has 1 aromatic heterocycles. The van der Waals surface area contributed by atoms with Crippen LogP contribution in [0.2, 0.25) is 0 Å². The number of piperazine rings is 1. The highest BCUT2D eigenvalue weighted by Crippen LogP contribution is 2.12. The van der Waals surface area contributed by atoms with Gasteiger partial charge in [0.2, 0.25) is 0 Å². The van der Waals surface area contributed by atoms with Gasteiger partial charge in [-0.15, -0.1) is 35.3 Å². The van der Waals surface area contributed by atoms with Crippen molar-refractivity contribution < 1.29 is 9.53 Å². The molecule has 2 heterocycles. The zero-order valence-corrected chi connectivity index (χ0v) is 22.0. The minimum Gasteiger partial charge on any atom is -0.444 e. The molecule has 172 valence electrons. The number of ether oxygens (including phenoxy) is 1. The molecule has 1 aromatic rings. The van der Waals surface area contributed by atoms with E-state index in [2.05, 4.69) is 39.4 Å². The van der Waals surface area contributed by atoms with Gasteiger partial charge in [0.05, 0.1) is 11.6 Å². The Bertz CT molecular complexity index is 668. The second-order valence-electron chi connectivity index (χ2n) is 8.11. The highest BCUT2D eigenvalue weighted by atomic mass is 127. The Kier molecular flexibility index (Phi) is 11.9. The molecule has 1 aliphatic heterocycles. The van der Waals surface area contributed by atoms with Crippen LogP contribution in [0.5, 0.6) is 0 Å². The lowest BCUT2D eigenvalue weighted by Crippen LogP contribution is -2.50. The topological polar surface area (TPSA) is 82.1 Å². The fourth-order valence-corrected chi connectivity index (χ4v) is 3.72. The lowest BCUT2D eigenvalue weighted by molar-refractivity contribution is 0.0148. The summed E-state index contributed by atoms with van der Waals surface area (Å²) in [6, 6.07) is 0. The summed E-state index contributed by atoms with van der Waals surface area (Å²) in [7, 11) is 0. The molecule has 0 aromatic carbocycles. The Labute approximate surface area is 201 Å². The first-order valence-electron chi connectivity index (χ1n) is 10.4. The number of amides is 1. The van der Waals surface area contributed by atoms with Crippen LogP contribution in [0.3, 0.4) is 0 Å². The number of nitrogens with one attached hydrogen (secondary N) is 2. The number of hydrogen-bond acceptors (Lipinski definition) is 6. The maximum atomic E-state index is 12.1. The van der Waals surface area contributed by atoms with E-state index in [1.54, 1.807) is 16.2 Å². The molecule has 0 radical (unpaired) electrons. The molecule has 1 amide bonds. The van der Waals surface area contributed by atoms with Crippen LogP contribution in [0.15, 0.2) is 11.2 Å². The fourth-order valence-electron chi connectivity index (χ4n) is 2.93. The van der Waals surface area contributed by atoms with Gasteiger partial charge < -0.3 is 20.3 Å². The minimum absolute atomic E-state index is 0. The molecule has 0 atom stereocenters. The number of halogens is 1. The number of nitrogens with zero attached hydrogens (tertiary/aromatic N) is 4. The first-order valence-corrected chi connectivity index (χ1v) is 11.2. The second-order valence-corrected chi connectivity index (χ2v) is 9.43. The van der Waals surface area contributed by atoms with Gasteiger partial charge in [0, 0.05) is 63.3 Å². The van der Waals surface area contributed by atoms with Gasteiger partial charge in [-0.3, -0.25) is 9.89 Å². The maximum absolute atomic E-state index is 12.1. The van der Waals surface area contributed by atoms with Crippen LogP contribution >= 0.6 is 35.3 Å². The van der Waals surface area contributed by atoms with Crippen LogP contribution in [0.1, 0.15) is 37.6 Å². The van der Waals surface area contributed by atoms with Crippen LogP contribution in [0, 0.1) is 6.92 Å². The SMILES string of the molecule is CCNC(=NCCN1CCN(C(=O)OC(C)(C)C)CC1)NCCc1ncc(C)s1.I. The van der Waals surface area contributed by atoms with Gasteiger partial charge in [0.15, 0.2) is 5.96 Å². The van der Waals surface area contributed by atoms with Crippen LogP contribution < -0.4 is 10.6 Å². The third kappa shape index (κ3) is 10.3. The van der Waals surface area contributed by atoms with Gasteiger partial charge in [-0.2, -0.15) is 0 Å². The third-order valence-electron chi connectivity index (χ3n) is 4.35. The highest BCUT2D eigenvalue weighted by molar-refractivity contribution is 14.0. The molecular weight excluding hydrogens is 515 g/mol. The van der Waals surface area contributed by atoms with Crippen molar-refractivity contribution in [3.63, 3.8) is 0 Å². The molecule has 30 heavy (non-hydrogen) atoms. The predicted molar refractivity (Wildman–Crippen MR) is 134 cm³/mol. The molecule has 0 saturated carbocycles. The number of aliphatic imine (C=N–C) groups is 1. The van der Waals surface area contributed by atoms with Crippen molar-refractivity contribution in [2.75, 3.05) is 52.4 Å². The number of aromatic nitrogens is 1. The van der Waals surface area contributed by atoms with E-state index in [0.29, 0.717) is 13.1 Å². The summed E-state index contributed by atoms with van der Waals surface area (Å²) >= 11 is 1.74. The van der Waals surface area contributed by atoms with Crippen molar-refractivity contribution in [2.45, 2.75) is 46.6 Å². The van der Waals surface area contributed by atoms with E-state index in [9.17, 15) is 4.79 Å². The zero-order chi connectivity index (χ0) is 21.3. The second kappa shape index (κ2) is 13.3. The third-order valence-corrected chi connectivity index (χ3v) is 5.33. The Balaban J connectivity index is 0.00000450. The van der Waals surface area contributed by atoms with Crippen molar-refractivity contribution in [2.24, 2.45) is 4.99 Å². The maximum Gasteiger partial charge on any atom is 0.410 e. The standard InChI is InChI=1S/C20H36N6O2S.HI/c1-6-21-18(22-8-7-17-24-15-16(2)29-17)23-9-10-25-11-13-26(14-12-25)19(27)28-20(3,4)5;/h15H,6-14H2,1-5H3,(H2,21,22,23);1H. The average Bonchev–Trinajstić information content (AvgIpc) is 3.06. The predicted octanol–water partition coefficient (Wildman–Crippen LogP) is 2.72. The van der Waals surface area contributed by atoms with Gasteiger partial charge in [-0.25, -0.2) is 9.78 Å². The first kappa shape index (κ1) is 26.9. The molecule has 0 bridgehead atoms. The quantitative estimate of drug-likeness (QED) is 0.308. The Morgan fingerprint density at radius 3 is 2.53 bits per heavy atom. The molecule has 0 aliphatic carbocycles. The Hall–Kier alpha value is -1.14. The number of carbonyl (C=O) groups excluding carboxylic acids is 1. The Morgan fingerprint density at radius 1 is 1.27 bits per heavy atom. The van der Waals surface area contributed by atoms with Gasteiger partial charge in [-0.05, 0) is 34.6 Å². The average molecular weight is 553 g/mol. The van der Waals surface area contributed by atoms with Crippen molar-refractivity contribution >= 4 is 47.4 Å². The number of carbonyl (C=O) groups is 1. The molecule has 1 saturated heterocycles. The number of rotatable bonds is 7. The fraction of sp³-hybridized carbons (Fsp3) is 0.750. The Morgan fingerprint density at radius 2 is 1.97 bits per heavy atom. The molecule has 8 nitrogen and oxygen atoms in total. The van der Waals surface area contributed by atoms with Gasteiger partial charge in [0.1, 0.15) is 5.60 Å². The smallest absolute Gasteiger partial charge is 0.410 e. The van der Waals surface area contributed by atoms with E-state index in [1.807, 2.05) is 27.0 Å². The zero-order valence-electron chi connectivity index (χ0n) is 18.9. The molecule has 2 rings (SSSR count). The van der Waals surface area contributed by atoms with Crippen LogP contribution in [-0.4, -0.2) is 84.8 Å². The van der Waals surface area contributed by atoms with Gasteiger partial charge in [0.25, 0.3) is 0 Å². The number of guanidine groups is 1. The molecular formula is C20H37IN6O2S. The summed E-state index contributed by atoms with van der Waals surface area (Å²) in [4.78, 5) is 26.6. The number of thiazole rings is 1. The summed E-state index contributed by atoms with van der Waals surface area (Å²) in [5, 5.41) is 7.81.